The molecular weight excluding hydrogens is 313 g/mol. The molecule has 1 atom stereocenters. The first-order chi connectivity index (χ1) is 9.13. The second-order valence-electron chi connectivity index (χ2n) is 4.85. The fourth-order valence-electron chi connectivity index (χ4n) is 1.98. The zero-order valence-corrected chi connectivity index (χ0v) is 11.7. The molecule has 1 aliphatic rings. The van der Waals surface area contributed by atoms with Crippen LogP contribution >= 0.6 is 15.9 Å². The van der Waals surface area contributed by atoms with Crippen molar-refractivity contribution in [2.24, 2.45) is 11.7 Å². The monoisotopic (exact) mass is 325 g/mol. The number of nitrogens with zero attached hydrogens (tertiary/aromatic N) is 2. The molecule has 1 heterocycles. The highest BCUT2D eigenvalue weighted by Crippen LogP contribution is 2.33. The van der Waals surface area contributed by atoms with Gasteiger partial charge in [0, 0.05) is 18.0 Å². The number of hydrogen-bond acceptors (Lipinski definition) is 4. The normalized spacial score (nSPS) is 16.6. The van der Waals surface area contributed by atoms with E-state index in [0.29, 0.717) is 34.1 Å². The summed E-state index contributed by atoms with van der Waals surface area (Å²) in [6, 6.07) is 4.71. The van der Waals surface area contributed by atoms with Crippen molar-refractivity contribution >= 4 is 15.9 Å². The van der Waals surface area contributed by atoms with Crippen LogP contribution in [0, 0.1) is 11.7 Å². The highest BCUT2D eigenvalue weighted by molar-refractivity contribution is 9.10. The van der Waals surface area contributed by atoms with Crippen molar-refractivity contribution < 1.29 is 8.91 Å². The maximum Gasteiger partial charge on any atom is 0.228 e. The topological polar surface area (TPSA) is 64.9 Å². The number of hydrogen-bond donors (Lipinski definition) is 1. The van der Waals surface area contributed by atoms with E-state index in [1.165, 1.54) is 18.9 Å². The SMILES string of the molecule is NC(Cc1nc(-c2ccc(F)c(Br)c2)no1)C1CC1. The van der Waals surface area contributed by atoms with E-state index in [4.69, 9.17) is 10.3 Å². The van der Waals surface area contributed by atoms with Gasteiger partial charge in [0.15, 0.2) is 0 Å². The zero-order valence-electron chi connectivity index (χ0n) is 10.1. The predicted octanol–water partition coefficient (Wildman–Crippen LogP) is 2.92. The molecule has 0 amide bonds. The Morgan fingerprint density at radius 1 is 1.47 bits per heavy atom. The lowest BCUT2D eigenvalue weighted by Gasteiger charge is -2.04. The van der Waals surface area contributed by atoms with Gasteiger partial charge in [-0.05, 0) is 52.9 Å². The first kappa shape index (κ1) is 12.7. The Kier molecular flexibility index (Phi) is 3.36. The summed E-state index contributed by atoms with van der Waals surface area (Å²) in [7, 11) is 0. The van der Waals surface area contributed by atoms with Gasteiger partial charge < -0.3 is 10.3 Å². The Hall–Kier alpha value is -1.27. The molecule has 1 saturated carbocycles. The third-order valence-electron chi connectivity index (χ3n) is 3.28. The van der Waals surface area contributed by atoms with Gasteiger partial charge in [0.2, 0.25) is 11.7 Å². The van der Waals surface area contributed by atoms with E-state index in [9.17, 15) is 4.39 Å². The number of halogens is 2. The maximum absolute atomic E-state index is 13.2. The maximum atomic E-state index is 13.2. The lowest BCUT2D eigenvalue weighted by molar-refractivity contribution is 0.364. The summed E-state index contributed by atoms with van der Waals surface area (Å²) in [5, 5.41) is 3.91. The molecule has 0 bridgehead atoms. The van der Waals surface area contributed by atoms with E-state index in [-0.39, 0.29) is 11.9 Å². The molecule has 100 valence electrons. The lowest BCUT2D eigenvalue weighted by Crippen LogP contribution is -2.25. The second kappa shape index (κ2) is 5.02. The molecule has 4 nitrogen and oxygen atoms in total. The van der Waals surface area contributed by atoms with Crippen molar-refractivity contribution in [2.45, 2.75) is 25.3 Å². The average molecular weight is 326 g/mol. The molecule has 19 heavy (non-hydrogen) atoms. The largest absolute Gasteiger partial charge is 0.339 e. The van der Waals surface area contributed by atoms with Crippen LogP contribution in [0.2, 0.25) is 0 Å². The summed E-state index contributed by atoms with van der Waals surface area (Å²) in [4.78, 5) is 4.30. The summed E-state index contributed by atoms with van der Waals surface area (Å²) in [6.45, 7) is 0. The highest BCUT2D eigenvalue weighted by Gasteiger charge is 2.29. The molecule has 1 aliphatic carbocycles. The fraction of sp³-hybridized carbons (Fsp3) is 0.385. The molecule has 2 N–H and O–H groups in total. The molecule has 6 heteroatoms. The van der Waals surface area contributed by atoms with E-state index in [0.717, 1.165) is 0 Å². The van der Waals surface area contributed by atoms with Crippen LogP contribution in [-0.4, -0.2) is 16.2 Å². The number of benzene rings is 1. The molecule has 3 rings (SSSR count). The molecule has 2 aromatic rings. The van der Waals surface area contributed by atoms with Crippen LogP contribution in [-0.2, 0) is 6.42 Å². The Morgan fingerprint density at radius 3 is 2.95 bits per heavy atom. The third-order valence-corrected chi connectivity index (χ3v) is 3.89. The van der Waals surface area contributed by atoms with Gasteiger partial charge in [0.1, 0.15) is 5.82 Å². The van der Waals surface area contributed by atoms with Crippen molar-refractivity contribution in [1.29, 1.82) is 0 Å². The van der Waals surface area contributed by atoms with Crippen LogP contribution in [0.1, 0.15) is 18.7 Å². The minimum atomic E-state index is -0.316. The Balaban J connectivity index is 1.77. The average Bonchev–Trinajstić information content (AvgIpc) is 3.14. The number of rotatable bonds is 4. The van der Waals surface area contributed by atoms with E-state index in [2.05, 4.69) is 26.1 Å². The Bertz CT molecular complexity index is 597. The predicted molar refractivity (Wildman–Crippen MR) is 71.8 cm³/mol. The standard InChI is InChI=1S/C13H13BrFN3O/c14-9-5-8(3-4-10(9)15)13-17-12(19-18-13)6-11(16)7-1-2-7/h3-5,7,11H,1-2,6,16H2. The van der Waals surface area contributed by atoms with Gasteiger partial charge in [0.05, 0.1) is 4.47 Å². The van der Waals surface area contributed by atoms with Crippen molar-refractivity contribution in [2.75, 3.05) is 0 Å². The van der Waals surface area contributed by atoms with Crippen LogP contribution < -0.4 is 5.73 Å². The third kappa shape index (κ3) is 2.84. The molecule has 1 fully saturated rings. The van der Waals surface area contributed by atoms with Gasteiger partial charge >= 0.3 is 0 Å². The number of nitrogens with two attached hydrogens (primary N) is 1. The first-order valence-electron chi connectivity index (χ1n) is 6.17. The van der Waals surface area contributed by atoms with E-state index >= 15 is 0 Å². The van der Waals surface area contributed by atoms with E-state index < -0.39 is 0 Å². The van der Waals surface area contributed by atoms with E-state index in [1.54, 1.807) is 12.1 Å². The quantitative estimate of drug-likeness (QED) is 0.938. The smallest absolute Gasteiger partial charge is 0.228 e. The van der Waals surface area contributed by atoms with Crippen LogP contribution in [0.3, 0.4) is 0 Å². The van der Waals surface area contributed by atoms with Crippen LogP contribution in [0.5, 0.6) is 0 Å². The van der Waals surface area contributed by atoms with Crippen LogP contribution in [0.15, 0.2) is 27.2 Å². The summed E-state index contributed by atoms with van der Waals surface area (Å²) < 4.78 is 18.7. The molecular formula is C13H13BrFN3O. The minimum absolute atomic E-state index is 0.0910. The molecule has 0 aliphatic heterocycles. The van der Waals surface area contributed by atoms with Gasteiger partial charge in [-0.15, -0.1) is 0 Å². The highest BCUT2D eigenvalue weighted by atomic mass is 79.9. The van der Waals surface area contributed by atoms with Crippen molar-refractivity contribution in [3.63, 3.8) is 0 Å². The van der Waals surface area contributed by atoms with Crippen molar-refractivity contribution in [3.05, 3.63) is 34.4 Å². The van der Waals surface area contributed by atoms with Crippen LogP contribution in [0.4, 0.5) is 4.39 Å². The second-order valence-corrected chi connectivity index (χ2v) is 5.70. The van der Waals surface area contributed by atoms with Crippen molar-refractivity contribution in [3.8, 4) is 11.4 Å². The van der Waals surface area contributed by atoms with Gasteiger partial charge in [-0.2, -0.15) is 4.98 Å². The first-order valence-corrected chi connectivity index (χ1v) is 6.96. The van der Waals surface area contributed by atoms with Gasteiger partial charge in [-0.25, -0.2) is 4.39 Å². The van der Waals surface area contributed by atoms with Gasteiger partial charge in [0.25, 0.3) is 0 Å². The Labute approximate surface area is 118 Å². The number of aromatic nitrogens is 2. The molecule has 1 unspecified atom stereocenters. The van der Waals surface area contributed by atoms with Gasteiger partial charge in [-0.3, -0.25) is 0 Å². The van der Waals surface area contributed by atoms with E-state index in [1.807, 2.05) is 0 Å². The van der Waals surface area contributed by atoms with Gasteiger partial charge in [-0.1, -0.05) is 5.16 Å². The van der Waals surface area contributed by atoms with Crippen molar-refractivity contribution in [1.82, 2.24) is 10.1 Å². The molecule has 1 aromatic heterocycles. The minimum Gasteiger partial charge on any atom is -0.339 e. The summed E-state index contributed by atoms with van der Waals surface area (Å²) in [6.07, 6.45) is 2.97. The fourth-order valence-corrected chi connectivity index (χ4v) is 2.36. The summed E-state index contributed by atoms with van der Waals surface area (Å²) >= 11 is 3.14. The zero-order chi connectivity index (χ0) is 13.4. The lowest BCUT2D eigenvalue weighted by atomic mass is 10.1. The Morgan fingerprint density at radius 2 is 2.26 bits per heavy atom. The molecule has 0 radical (unpaired) electrons. The summed E-state index contributed by atoms with van der Waals surface area (Å²) in [5.41, 5.74) is 6.73. The molecule has 1 aromatic carbocycles. The molecule has 0 spiro atoms. The van der Waals surface area contributed by atoms with Crippen LogP contribution in [0.25, 0.3) is 11.4 Å². The summed E-state index contributed by atoms with van der Waals surface area (Å²) in [5.74, 6) is 1.27. The molecule has 0 saturated heterocycles.